The number of nitrogens with zero attached hydrogens (tertiary/aromatic N) is 1. The van der Waals surface area contributed by atoms with Gasteiger partial charge in [0, 0.05) is 10.6 Å². The molecule has 0 spiro atoms. The normalized spacial score (nSPS) is 10.2. The van der Waals surface area contributed by atoms with Crippen molar-refractivity contribution < 1.29 is 14.1 Å². The van der Waals surface area contributed by atoms with E-state index in [1.807, 2.05) is 0 Å². The summed E-state index contributed by atoms with van der Waals surface area (Å²) in [7, 11) is 0. The molecule has 0 unspecified atom stereocenters. The van der Waals surface area contributed by atoms with Crippen LogP contribution in [0.3, 0.4) is 0 Å². The number of amides is 2. The van der Waals surface area contributed by atoms with Gasteiger partial charge in [-0.3, -0.25) is 20.4 Å². The highest BCUT2D eigenvalue weighted by atomic mass is 35.5. The molecule has 0 aliphatic rings. The maximum Gasteiger partial charge on any atom is 0.275 e. The van der Waals surface area contributed by atoms with Crippen LogP contribution in [0.2, 0.25) is 5.02 Å². The van der Waals surface area contributed by atoms with Crippen molar-refractivity contribution in [3.63, 3.8) is 0 Å². The number of carbonyl (C=O) groups excluding carboxylic acids is 2. The minimum absolute atomic E-state index is 0.307. The van der Waals surface area contributed by atoms with Crippen molar-refractivity contribution in [3.8, 4) is 0 Å². The molecule has 0 aliphatic carbocycles. The lowest BCUT2D eigenvalue weighted by Gasteiger charge is -2.07. The molecule has 2 aromatic rings. The summed E-state index contributed by atoms with van der Waals surface area (Å²) < 4.78 is 4.88. The average molecular weight is 294 g/mol. The number of benzene rings is 1. The van der Waals surface area contributed by atoms with Crippen LogP contribution in [0.15, 0.2) is 28.8 Å². The Morgan fingerprint density at radius 2 is 1.70 bits per heavy atom. The Bertz CT molecular complexity index is 630. The molecule has 6 nitrogen and oxygen atoms in total. The Labute approximate surface area is 120 Å². The van der Waals surface area contributed by atoms with Gasteiger partial charge in [0.2, 0.25) is 0 Å². The summed E-state index contributed by atoms with van der Waals surface area (Å²) in [6.07, 6.45) is 0. The van der Waals surface area contributed by atoms with Gasteiger partial charge in [-0.2, -0.15) is 0 Å². The van der Waals surface area contributed by atoms with Gasteiger partial charge in [-0.05, 0) is 38.1 Å². The van der Waals surface area contributed by atoms with E-state index in [1.165, 1.54) is 0 Å². The first-order valence-electron chi connectivity index (χ1n) is 5.78. The summed E-state index contributed by atoms with van der Waals surface area (Å²) in [6, 6.07) is 6.29. The van der Waals surface area contributed by atoms with E-state index in [9.17, 15) is 9.59 Å². The number of nitrogens with one attached hydrogen (secondary N) is 2. The topological polar surface area (TPSA) is 84.2 Å². The summed E-state index contributed by atoms with van der Waals surface area (Å²) in [5.41, 5.74) is 5.77. The highest BCUT2D eigenvalue weighted by Gasteiger charge is 2.18. The van der Waals surface area contributed by atoms with Crippen LogP contribution < -0.4 is 10.9 Å². The van der Waals surface area contributed by atoms with E-state index in [1.54, 1.807) is 38.1 Å². The third-order valence-corrected chi connectivity index (χ3v) is 2.91. The van der Waals surface area contributed by atoms with Crippen molar-refractivity contribution in [3.05, 3.63) is 51.9 Å². The zero-order valence-corrected chi connectivity index (χ0v) is 11.6. The van der Waals surface area contributed by atoms with Crippen LogP contribution in [0.4, 0.5) is 0 Å². The molecule has 0 radical (unpaired) electrons. The lowest BCUT2D eigenvalue weighted by atomic mass is 10.2. The van der Waals surface area contributed by atoms with E-state index in [0.29, 0.717) is 27.6 Å². The lowest BCUT2D eigenvalue weighted by molar-refractivity contribution is 0.0845. The molecule has 7 heteroatoms. The van der Waals surface area contributed by atoms with Gasteiger partial charge in [-0.15, -0.1) is 0 Å². The molecule has 1 aromatic heterocycles. The van der Waals surface area contributed by atoms with Crippen LogP contribution in [0, 0.1) is 13.8 Å². The third-order valence-electron chi connectivity index (χ3n) is 2.66. The number of rotatable bonds is 2. The third kappa shape index (κ3) is 2.97. The van der Waals surface area contributed by atoms with Crippen molar-refractivity contribution in [1.29, 1.82) is 0 Å². The molecule has 1 aromatic carbocycles. The van der Waals surface area contributed by atoms with Crippen molar-refractivity contribution in [2.45, 2.75) is 13.8 Å². The molecule has 1 heterocycles. The molecular weight excluding hydrogens is 282 g/mol. The van der Waals surface area contributed by atoms with Gasteiger partial charge < -0.3 is 4.52 Å². The zero-order valence-electron chi connectivity index (χ0n) is 10.9. The fourth-order valence-corrected chi connectivity index (χ4v) is 1.78. The number of hydrazine groups is 1. The molecular formula is C13H12ClN3O3. The van der Waals surface area contributed by atoms with Crippen molar-refractivity contribution in [2.75, 3.05) is 0 Å². The standard InChI is InChI=1S/C13H12ClN3O3/c1-7-11(8(2)20-17-7)13(19)16-15-12(18)9-3-5-10(14)6-4-9/h3-6H,1-2H3,(H,15,18)(H,16,19). The maximum atomic E-state index is 11.9. The number of hydrogen-bond donors (Lipinski definition) is 2. The number of carbonyl (C=O) groups is 2. The second-order valence-electron chi connectivity index (χ2n) is 4.11. The fraction of sp³-hybridized carbons (Fsp3) is 0.154. The van der Waals surface area contributed by atoms with Gasteiger partial charge >= 0.3 is 0 Å². The first-order chi connectivity index (χ1) is 9.49. The fourth-order valence-electron chi connectivity index (χ4n) is 1.66. The van der Waals surface area contributed by atoms with E-state index in [-0.39, 0.29) is 0 Å². The van der Waals surface area contributed by atoms with E-state index >= 15 is 0 Å². The van der Waals surface area contributed by atoms with Crippen molar-refractivity contribution >= 4 is 23.4 Å². The predicted octanol–water partition coefficient (Wildman–Crippen LogP) is 2.02. The van der Waals surface area contributed by atoms with E-state index in [0.717, 1.165) is 0 Å². The van der Waals surface area contributed by atoms with Gasteiger partial charge in [0.05, 0.1) is 5.69 Å². The number of aryl methyl sites for hydroxylation is 2. The summed E-state index contributed by atoms with van der Waals surface area (Å²) in [5, 5.41) is 4.20. The van der Waals surface area contributed by atoms with Crippen LogP contribution in [0.5, 0.6) is 0 Å². The highest BCUT2D eigenvalue weighted by molar-refractivity contribution is 6.30. The molecule has 2 amide bonds. The van der Waals surface area contributed by atoms with Gasteiger partial charge in [0.1, 0.15) is 11.3 Å². The lowest BCUT2D eigenvalue weighted by Crippen LogP contribution is -2.41. The maximum absolute atomic E-state index is 11.9. The summed E-state index contributed by atoms with van der Waals surface area (Å²) in [4.78, 5) is 23.7. The molecule has 20 heavy (non-hydrogen) atoms. The van der Waals surface area contributed by atoms with Crippen molar-refractivity contribution in [1.82, 2.24) is 16.0 Å². The molecule has 2 N–H and O–H groups in total. The van der Waals surface area contributed by atoms with Crippen LogP contribution in [0.25, 0.3) is 0 Å². The van der Waals surface area contributed by atoms with Crippen LogP contribution in [0.1, 0.15) is 32.2 Å². The van der Waals surface area contributed by atoms with Gasteiger partial charge in [0.15, 0.2) is 0 Å². The molecule has 0 fully saturated rings. The van der Waals surface area contributed by atoms with E-state index < -0.39 is 11.8 Å². The Morgan fingerprint density at radius 1 is 1.10 bits per heavy atom. The van der Waals surface area contributed by atoms with Crippen LogP contribution >= 0.6 is 11.6 Å². The van der Waals surface area contributed by atoms with Gasteiger partial charge in [-0.25, -0.2) is 0 Å². The quantitative estimate of drug-likeness (QED) is 0.830. The number of aromatic nitrogens is 1. The largest absolute Gasteiger partial charge is 0.361 e. The molecule has 0 saturated carbocycles. The number of hydrogen-bond acceptors (Lipinski definition) is 4. The minimum Gasteiger partial charge on any atom is -0.361 e. The summed E-state index contributed by atoms with van der Waals surface area (Å²) in [6.45, 7) is 3.27. The minimum atomic E-state index is -0.483. The van der Waals surface area contributed by atoms with Gasteiger partial charge in [-0.1, -0.05) is 16.8 Å². The molecule has 0 aliphatic heterocycles. The Hall–Kier alpha value is -2.34. The van der Waals surface area contributed by atoms with Gasteiger partial charge in [0.25, 0.3) is 11.8 Å². The smallest absolute Gasteiger partial charge is 0.275 e. The SMILES string of the molecule is Cc1noc(C)c1C(=O)NNC(=O)c1ccc(Cl)cc1. The zero-order chi connectivity index (χ0) is 14.7. The van der Waals surface area contributed by atoms with Crippen LogP contribution in [-0.4, -0.2) is 17.0 Å². The Balaban J connectivity index is 2.00. The second kappa shape index (κ2) is 5.75. The van der Waals surface area contributed by atoms with Crippen LogP contribution in [-0.2, 0) is 0 Å². The Morgan fingerprint density at radius 3 is 2.25 bits per heavy atom. The molecule has 0 bridgehead atoms. The average Bonchev–Trinajstić information content (AvgIpc) is 2.76. The van der Waals surface area contributed by atoms with Crippen molar-refractivity contribution in [2.24, 2.45) is 0 Å². The number of halogens is 1. The van der Waals surface area contributed by atoms with E-state index in [4.69, 9.17) is 16.1 Å². The first-order valence-corrected chi connectivity index (χ1v) is 6.16. The first kappa shape index (κ1) is 14.1. The monoisotopic (exact) mass is 293 g/mol. The summed E-state index contributed by atoms with van der Waals surface area (Å²) >= 11 is 5.73. The second-order valence-corrected chi connectivity index (χ2v) is 4.55. The Kier molecular flexibility index (Phi) is 4.05. The predicted molar refractivity (Wildman–Crippen MR) is 72.4 cm³/mol. The molecule has 104 valence electrons. The highest BCUT2D eigenvalue weighted by Crippen LogP contribution is 2.11. The molecule has 2 rings (SSSR count). The summed E-state index contributed by atoms with van der Waals surface area (Å²) in [5.74, 6) is -0.536. The molecule has 0 atom stereocenters. The van der Waals surface area contributed by atoms with E-state index in [2.05, 4.69) is 16.0 Å². The molecule has 0 saturated heterocycles.